The SMILES string of the molecule is CNC(=O)c1ccc(N)c(NCc2ccc(F)c(Cl)c2)c1. The zero-order chi connectivity index (χ0) is 15.4. The predicted molar refractivity (Wildman–Crippen MR) is 83.0 cm³/mol. The fraction of sp³-hybridized carbons (Fsp3) is 0.133. The van der Waals surface area contributed by atoms with E-state index in [1.165, 1.54) is 6.07 Å². The molecule has 4 N–H and O–H groups in total. The summed E-state index contributed by atoms with van der Waals surface area (Å²) in [6.07, 6.45) is 0. The molecule has 4 nitrogen and oxygen atoms in total. The predicted octanol–water partition coefficient (Wildman–Crippen LogP) is 3.03. The third kappa shape index (κ3) is 3.64. The molecule has 0 spiro atoms. The zero-order valence-electron chi connectivity index (χ0n) is 11.4. The van der Waals surface area contributed by atoms with Crippen molar-refractivity contribution in [2.45, 2.75) is 6.54 Å². The van der Waals surface area contributed by atoms with Crippen LogP contribution in [0, 0.1) is 5.82 Å². The normalized spacial score (nSPS) is 10.2. The van der Waals surface area contributed by atoms with Crippen LogP contribution in [0.15, 0.2) is 36.4 Å². The van der Waals surface area contributed by atoms with Gasteiger partial charge in [0.1, 0.15) is 5.82 Å². The molecule has 2 rings (SSSR count). The van der Waals surface area contributed by atoms with Gasteiger partial charge < -0.3 is 16.4 Å². The van der Waals surface area contributed by atoms with Gasteiger partial charge in [-0.1, -0.05) is 17.7 Å². The molecule has 0 atom stereocenters. The molecule has 6 heteroatoms. The first-order chi connectivity index (χ1) is 10.0. The topological polar surface area (TPSA) is 67.2 Å². The highest BCUT2D eigenvalue weighted by molar-refractivity contribution is 6.30. The van der Waals surface area contributed by atoms with Crippen molar-refractivity contribution in [2.24, 2.45) is 0 Å². The molecular weight excluding hydrogens is 293 g/mol. The molecule has 0 fully saturated rings. The van der Waals surface area contributed by atoms with Crippen LogP contribution in [0.4, 0.5) is 15.8 Å². The van der Waals surface area contributed by atoms with Crippen molar-refractivity contribution in [2.75, 3.05) is 18.1 Å². The molecular formula is C15H15ClFN3O. The first kappa shape index (κ1) is 15.1. The second-order valence-electron chi connectivity index (χ2n) is 4.48. The molecule has 0 aliphatic carbocycles. The van der Waals surface area contributed by atoms with Crippen LogP contribution in [0.3, 0.4) is 0 Å². The number of hydrogen-bond acceptors (Lipinski definition) is 3. The summed E-state index contributed by atoms with van der Waals surface area (Å²) in [7, 11) is 1.56. The number of hydrogen-bond donors (Lipinski definition) is 3. The van der Waals surface area contributed by atoms with Crippen molar-refractivity contribution in [3.63, 3.8) is 0 Å². The van der Waals surface area contributed by atoms with Crippen LogP contribution in [0.25, 0.3) is 0 Å². The van der Waals surface area contributed by atoms with E-state index in [-0.39, 0.29) is 10.9 Å². The molecule has 0 aliphatic rings. The molecule has 0 heterocycles. The van der Waals surface area contributed by atoms with Crippen molar-refractivity contribution >= 4 is 28.9 Å². The summed E-state index contributed by atoms with van der Waals surface area (Å²) < 4.78 is 13.1. The van der Waals surface area contributed by atoms with E-state index in [2.05, 4.69) is 10.6 Å². The maximum atomic E-state index is 13.1. The fourth-order valence-corrected chi connectivity index (χ4v) is 2.04. The Bertz CT molecular complexity index is 676. The van der Waals surface area contributed by atoms with Crippen molar-refractivity contribution in [1.29, 1.82) is 0 Å². The number of carbonyl (C=O) groups is 1. The van der Waals surface area contributed by atoms with Gasteiger partial charge >= 0.3 is 0 Å². The highest BCUT2D eigenvalue weighted by Crippen LogP contribution is 2.22. The summed E-state index contributed by atoms with van der Waals surface area (Å²) in [5.41, 5.74) is 8.35. The van der Waals surface area contributed by atoms with Crippen LogP contribution >= 0.6 is 11.6 Å². The van der Waals surface area contributed by atoms with Crippen molar-refractivity contribution in [3.05, 3.63) is 58.4 Å². The van der Waals surface area contributed by atoms with E-state index < -0.39 is 5.82 Å². The number of nitrogen functional groups attached to an aromatic ring is 1. The number of carbonyl (C=O) groups excluding carboxylic acids is 1. The first-order valence-electron chi connectivity index (χ1n) is 6.30. The quantitative estimate of drug-likeness (QED) is 0.761. The van der Waals surface area contributed by atoms with Gasteiger partial charge in [-0.25, -0.2) is 4.39 Å². The molecule has 0 unspecified atom stereocenters. The van der Waals surface area contributed by atoms with E-state index in [0.29, 0.717) is 23.5 Å². The molecule has 0 aromatic heterocycles. The lowest BCUT2D eigenvalue weighted by Crippen LogP contribution is -2.18. The Morgan fingerprint density at radius 1 is 1.29 bits per heavy atom. The van der Waals surface area contributed by atoms with Crippen molar-refractivity contribution in [3.8, 4) is 0 Å². The Kier molecular flexibility index (Phi) is 4.65. The Labute approximate surface area is 127 Å². The highest BCUT2D eigenvalue weighted by atomic mass is 35.5. The van der Waals surface area contributed by atoms with Crippen LogP contribution in [-0.4, -0.2) is 13.0 Å². The van der Waals surface area contributed by atoms with E-state index >= 15 is 0 Å². The number of nitrogens with one attached hydrogen (secondary N) is 2. The van der Waals surface area contributed by atoms with Crippen LogP contribution in [0.2, 0.25) is 5.02 Å². The summed E-state index contributed by atoms with van der Waals surface area (Å²) >= 11 is 5.73. The molecule has 110 valence electrons. The second kappa shape index (κ2) is 6.45. The minimum absolute atomic E-state index is 0.0707. The third-order valence-corrected chi connectivity index (χ3v) is 3.30. The number of halogens is 2. The average molecular weight is 308 g/mol. The zero-order valence-corrected chi connectivity index (χ0v) is 12.2. The monoisotopic (exact) mass is 307 g/mol. The minimum Gasteiger partial charge on any atom is -0.397 e. The number of benzene rings is 2. The van der Waals surface area contributed by atoms with E-state index in [4.69, 9.17) is 17.3 Å². The van der Waals surface area contributed by atoms with E-state index in [0.717, 1.165) is 5.56 Å². The van der Waals surface area contributed by atoms with E-state index in [1.54, 1.807) is 37.4 Å². The maximum Gasteiger partial charge on any atom is 0.251 e. The van der Waals surface area contributed by atoms with Crippen molar-refractivity contribution in [1.82, 2.24) is 5.32 Å². The Morgan fingerprint density at radius 3 is 2.71 bits per heavy atom. The average Bonchev–Trinajstić information content (AvgIpc) is 2.49. The second-order valence-corrected chi connectivity index (χ2v) is 4.89. The molecule has 2 aromatic rings. The molecule has 0 radical (unpaired) electrons. The first-order valence-corrected chi connectivity index (χ1v) is 6.68. The number of nitrogens with two attached hydrogens (primary N) is 1. The minimum atomic E-state index is -0.457. The summed E-state index contributed by atoms with van der Waals surface area (Å²) in [5.74, 6) is -0.649. The fourth-order valence-electron chi connectivity index (χ4n) is 1.84. The van der Waals surface area contributed by atoms with Crippen LogP contribution < -0.4 is 16.4 Å². The standard InChI is InChI=1S/C15H15ClFN3O/c1-19-15(21)10-3-5-13(18)14(7-10)20-8-9-2-4-12(17)11(16)6-9/h2-7,20H,8,18H2,1H3,(H,19,21). The molecule has 0 bridgehead atoms. The Balaban J connectivity index is 2.15. The smallest absolute Gasteiger partial charge is 0.251 e. The molecule has 0 aliphatic heterocycles. The summed E-state index contributed by atoms with van der Waals surface area (Å²) in [6.45, 7) is 0.418. The molecule has 1 amide bonds. The van der Waals surface area contributed by atoms with Gasteiger partial charge in [0.05, 0.1) is 16.4 Å². The Hall–Kier alpha value is -2.27. The largest absolute Gasteiger partial charge is 0.397 e. The van der Waals surface area contributed by atoms with Gasteiger partial charge in [0.25, 0.3) is 5.91 Å². The number of amides is 1. The lowest BCUT2D eigenvalue weighted by molar-refractivity contribution is 0.0963. The van der Waals surface area contributed by atoms with Gasteiger partial charge in [0.15, 0.2) is 0 Å². The highest BCUT2D eigenvalue weighted by Gasteiger charge is 2.07. The van der Waals surface area contributed by atoms with E-state index in [9.17, 15) is 9.18 Å². The molecule has 0 saturated carbocycles. The van der Waals surface area contributed by atoms with Crippen LogP contribution in [-0.2, 0) is 6.54 Å². The number of rotatable bonds is 4. The van der Waals surface area contributed by atoms with Gasteiger partial charge in [-0.3, -0.25) is 4.79 Å². The van der Waals surface area contributed by atoms with Gasteiger partial charge in [0, 0.05) is 19.2 Å². The van der Waals surface area contributed by atoms with Crippen molar-refractivity contribution < 1.29 is 9.18 Å². The lowest BCUT2D eigenvalue weighted by Gasteiger charge is -2.11. The summed E-state index contributed by atoms with van der Waals surface area (Å²) in [6, 6.07) is 9.46. The third-order valence-electron chi connectivity index (χ3n) is 3.01. The maximum absolute atomic E-state index is 13.1. The van der Waals surface area contributed by atoms with E-state index in [1.807, 2.05) is 0 Å². The lowest BCUT2D eigenvalue weighted by atomic mass is 10.1. The van der Waals surface area contributed by atoms with Crippen LogP contribution in [0.1, 0.15) is 15.9 Å². The van der Waals surface area contributed by atoms with Gasteiger partial charge in [-0.05, 0) is 35.9 Å². The summed E-state index contributed by atoms with van der Waals surface area (Å²) in [4.78, 5) is 11.6. The van der Waals surface area contributed by atoms with Gasteiger partial charge in [-0.2, -0.15) is 0 Å². The van der Waals surface area contributed by atoms with Gasteiger partial charge in [0.2, 0.25) is 0 Å². The number of anilines is 2. The molecule has 2 aromatic carbocycles. The molecule has 0 saturated heterocycles. The summed E-state index contributed by atoms with van der Waals surface area (Å²) in [5, 5.41) is 5.73. The molecule has 21 heavy (non-hydrogen) atoms. The van der Waals surface area contributed by atoms with Crippen LogP contribution in [0.5, 0.6) is 0 Å². The Morgan fingerprint density at radius 2 is 2.05 bits per heavy atom. The van der Waals surface area contributed by atoms with Gasteiger partial charge in [-0.15, -0.1) is 0 Å².